The molecule has 0 aromatic heterocycles. The average Bonchev–Trinajstić information content (AvgIpc) is 3.01. The van der Waals surface area contributed by atoms with Gasteiger partial charge in [0, 0.05) is 50.6 Å². The lowest BCUT2D eigenvalue weighted by Crippen LogP contribution is -2.52. The molecule has 2 fully saturated rings. The monoisotopic (exact) mass is 392 g/mol. The third kappa shape index (κ3) is 4.96. The van der Waals surface area contributed by atoms with Gasteiger partial charge in [0.05, 0.1) is 11.5 Å². The second-order valence-electron chi connectivity index (χ2n) is 7.70. The van der Waals surface area contributed by atoms with Crippen molar-refractivity contribution in [1.82, 2.24) is 9.80 Å². The molecule has 1 atom stereocenters. The summed E-state index contributed by atoms with van der Waals surface area (Å²) in [6.07, 6.45) is 1.15. The number of hydrogen-bond acceptors (Lipinski definition) is 5. The van der Waals surface area contributed by atoms with Crippen molar-refractivity contribution in [2.24, 2.45) is 0 Å². The Balaban J connectivity index is 1.45. The maximum atomic E-state index is 12.4. The van der Waals surface area contributed by atoms with Crippen LogP contribution in [0.5, 0.6) is 0 Å². The third-order valence-corrected chi connectivity index (χ3v) is 7.54. The molecule has 27 heavy (non-hydrogen) atoms. The van der Waals surface area contributed by atoms with E-state index in [1.807, 2.05) is 32.0 Å². The molecular formula is C20H28N2O4S. The fourth-order valence-corrected chi connectivity index (χ4v) is 5.60. The summed E-state index contributed by atoms with van der Waals surface area (Å²) in [6, 6.07) is 5.74. The van der Waals surface area contributed by atoms with Gasteiger partial charge in [-0.25, -0.2) is 8.42 Å². The molecule has 0 radical (unpaired) electrons. The molecular weight excluding hydrogens is 364 g/mol. The number of sulfone groups is 1. The lowest BCUT2D eigenvalue weighted by atomic mass is 10.0. The predicted molar refractivity (Wildman–Crippen MR) is 105 cm³/mol. The number of rotatable bonds is 5. The molecule has 148 valence electrons. The maximum absolute atomic E-state index is 12.4. The quantitative estimate of drug-likeness (QED) is 0.712. The van der Waals surface area contributed by atoms with Gasteiger partial charge in [0.2, 0.25) is 5.91 Å². The number of carbonyl (C=O) groups excluding carboxylic acids is 2. The molecule has 1 aromatic carbocycles. The predicted octanol–water partition coefficient (Wildman–Crippen LogP) is 1.60. The first-order valence-electron chi connectivity index (χ1n) is 9.58. The Hall–Kier alpha value is -1.73. The summed E-state index contributed by atoms with van der Waals surface area (Å²) in [5.41, 5.74) is 2.89. The van der Waals surface area contributed by atoms with Crippen LogP contribution < -0.4 is 0 Å². The second kappa shape index (κ2) is 8.10. The van der Waals surface area contributed by atoms with Gasteiger partial charge in [-0.05, 0) is 37.5 Å². The Morgan fingerprint density at radius 3 is 2.33 bits per heavy atom. The Morgan fingerprint density at radius 1 is 1.04 bits per heavy atom. The smallest absolute Gasteiger partial charge is 0.223 e. The molecule has 1 aromatic rings. The van der Waals surface area contributed by atoms with Crippen LogP contribution >= 0.6 is 0 Å². The van der Waals surface area contributed by atoms with E-state index >= 15 is 0 Å². The minimum absolute atomic E-state index is 0.00116. The summed E-state index contributed by atoms with van der Waals surface area (Å²) in [5, 5.41) is 0. The number of ketones is 1. The average molecular weight is 393 g/mol. The topological polar surface area (TPSA) is 74.8 Å². The van der Waals surface area contributed by atoms with Gasteiger partial charge in [0.25, 0.3) is 0 Å². The van der Waals surface area contributed by atoms with Gasteiger partial charge in [-0.2, -0.15) is 0 Å². The van der Waals surface area contributed by atoms with Crippen LogP contribution in [0.3, 0.4) is 0 Å². The lowest BCUT2D eigenvalue weighted by molar-refractivity contribution is -0.133. The van der Waals surface area contributed by atoms with Gasteiger partial charge in [-0.3, -0.25) is 14.5 Å². The molecule has 2 aliphatic rings. The molecule has 1 amide bonds. The van der Waals surface area contributed by atoms with Crippen LogP contribution in [0.25, 0.3) is 0 Å². The summed E-state index contributed by atoms with van der Waals surface area (Å²) in [4.78, 5) is 28.8. The van der Waals surface area contributed by atoms with Gasteiger partial charge in [-0.1, -0.05) is 12.1 Å². The van der Waals surface area contributed by atoms with E-state index in [0.717, 1.165) is 11.1 Å². The standard InChI is InChI=1S/C20H28N2O4S/c1-15-3-4-17(13-16(15)2)19(23)5-6-20(24)22-10-8-21(9-11-22)18-7-12-27(25,26)14-18/h3-4,13,18H,5-12,14H2,1-2H3/t18-/m1/s1. The molecule has 2 aliphatic heterocycles. The number of carbonyl (C=O) groups is 2. The zero-order valence-electron chi connectivity index (χ0n) is 16.1. The summed E-state index contributed by atoms with van der Waals surface area (Å²) in [6.45, 7) is 6.61. The summed E-state index contributed by atoms with van der Waals surface area (Å²) < 4.78 is 23.3. The Morgan fingerprint density at radius 2 is 1.74 bits per heavy atom. The Labute approximate surface area is 161 Å². The van der Waals surface area contributed by atoms with Gasteiger partial charge in [0.1, 0.15) is 0 Å². The third-order valence-electron chi connectivity index (χ3n) is 5.79. The van der Waals surface area contributed by atoms with E-state index in [2.05, 4.69) is 4.90 Å². The number of benzene rings is 1. The fourth-order valence-electron chi connectivity index (χ4n) is 3.84. The van der Waals surface area contributed by atoms with E-state index in [9.17, 15) is 18.0 Å². The summed E-state index contributed by atoms with van der Waals surface area (Å²) in [5.74, 6) is 0.523. The summed E-state index contributed by atoms with van der Waals surface area (Å²) in [7, 11) is -2.88. The van der Waals surface area contributed by atoms with E-state index in [0.29, 0.717) is 38.2 Å². The van der Waals surface area contributed by atoms with Gasteiger partial charge in [-0.15, -0.1) is 0 Å². The largest absolute Gasteiger partial charge is 0.340 e. The van der Waals surface area contributed by atoms with Crippen LogP contribution in [0.15, 0.2) is 18.2 Å². The highest BCUT2D eigenvalue weighted by molar-refractivity contribution is 7.91. The normalized spacial score (nSPS) is 22.7. The number of nitrogens with zero attached hydrogens (tertiary/aromatic N) is 2. The van der Waals surface area contributed by atoms with E-state index in [1.54, 1.807) is 4.90 Å². The van der Waals surface area contributed by atoms with E-state index in [4.69, 9.17) is 0 Å². The first kappa shape index (κ1) is 20.0. The van der Waals surface area contributed by atoms with E-state index in [-0.39, 0.29) is 42.1 Å². The lowest BCUT2D eigenvalue weighted by Gasteiger charge is -2.37. The van der Waals surface area contributed by atoms with Crippen molar-refractivity contribution in [3.05, 3.63) is 34.9 Å². The minimum Gasteiger partial charge on any atom is -0.340 e. The summed E-state index contributed by atoms with van der Waals surface area (Å²) >= 11 is 0. The van der Waals surface area contributed by atoms with Gasteiger partial charge in [0.15, 0.2) is 15.6 Å². The number of hydrogen-bond donors (Lipinski definition) is 0. The van der Waals surface area contributed by atoms with Crippen LogP contribution in [-0.2, 0) is 14.6 Å². The molecule has 2 heterocycles. The van der Waals surface area contributed by atoms with Crippen LogP contribution in [0.4, 0.5) is 0 Å². The number of Topliss-reactive ketones (excluding diaryl/α,β-unsaturated/α-hetero) is 1. The minimum atomic E-state index is -2.88. The van der Waals surface area contributed by atoms with Crippen LogP contribution in [0.1, 0.15) is 40.7 Å². The molecule has 0 N–H and O–H groups in total. The zero-order chi connectivity index (χ0) is 19.6. The molecule has 0 bridgehead atoms. The van der Waals surface area contributed by atoms with Crippen molar-refractivity contribution in [2.75, 3.05) is 37.7 Å². The van der Waals surface area contributed by atoms with Crippen molar-refractivity contribution in [3.8, 4) is 0 Å². The highest BCUT2D eigenvalue weighted by atomic mass is 32.2. The first-order chi connectivity index (χ1) is 12.7. The van der Waals surface area contributed by atoms with E-state index in [1.165, 1.54) is 0 Å². The highest BCUT2D eigenvalue weighted by Gasteiger charge is 2.34. The van der Waals surface area contributed by atoms with Crippen molar-refractivity contribution in [2.45, 2.75) is 39.2 Å². The maximum Gasteiger partial charge on any atom is 0.223 e. The van der Waals surface area contributed by atoms with Gasteiger partial charge < -0.3 is 4.90 Å². The van der Waals surface area contributed by atoms with Crippen LogP contribution in [-0.4, -0.2) is 73.6 Å². The van der Waals surface area contributed by atoms with Crippen LogP contribution in [0.2, 0.25) is 0 Å². The van der Waals surface area contributed by atoms with Crippen molar-refractivity contribution >= 4 is 21.5 Å². The highest BCUT2D eigenvalue weighted by Crippen LogP contribution is 2.20. The molecule has 6 nitrogen and oxygen atoms in total. The molecule has 0 saturated carbocycles. The van der Waals surface area contributed by atoms with E-state index < -0.39 is 9.84 Å². The van der Waals surface area contributed by atoms with Crippen molar-refractivity contribution < 1.29 is 18.0 Å². The molecule has 0 unspecified atom stereocenters. The van der Waals surface area contributed by atoms with Gasteiger partial charge >= 0.3 is 0 Å². The number of aryl methyl sites for hydroxylation is 2. The molecule has 0 aliphatic carbocycles. The first-order valence-corrected chi connectivity index (χ1v) is 11.4. The molecule has 7 heteroatoms. The van der Waals surface area contributed by atoms with Crippen LogP contribution in [0, 0.1) is 13.8 Å². The number of amides is 1. The fraction of sp³-hybridized carbons (Fsp3) is 0.600. The van der Waals surface area contributed by atoms with Crippen molar-refractivity contribution in [1.29, 1.82) is 0 Å². The molecule has 0 spiro atoms. The molecule has 3 rings (SSSR count). The van der Waals surface area contributed by atoms with Crippen molar-refractivity contribution in [3.63, 3.8) is 0 Å². The Kier molecular flexibility index (Phi) is 6.01. The zero-order valence-corrected chi connectivity index (χ0v) is 16.9. The number of piperazine rings is 1. The molecule has 2 saturated heterocycles. The SMILES string of the molecule is Cc1ccc(C(=O)CCC(=O)N2CCN([C@@H]3CCS(=O)(=O)C3)CC2)cc1C. The second-order valence-corrected chi connectivity index (χ2v) is 9.92. The Bertz CT molecular complexity index is 826.